The van der Waals surface area contributed by atoms with E-state index in [1.54, 1.807) is 12.2 Å². The first kappa shape index (κ1) is 38.5. The number of allylic oxidation sites excluding steroid dienone is 3. The maximum atomic E-state index is 14.5. The van der Waals surface area contributed by atoms with Crippen LogP contribution in [-0.4, -0.2) is 91.6 Å². The largest absolute Gasteiger partial charge is 0.444 e. The van der Waals surface area contributed by atoms with E-state index in [4.69, 9.17) is 4.74 Å². The summed E-state index contributed by atoms with van der Waals surface area (Å²) in [5, 5.41) is 5.59. The molecule has 2 saturated heterocycles. The summed E-state index contributed by atoms with van der Waals surface area (Å²) in [6.45, 7) is 14.2. The first-order valence-electron chi connectivity index (χ1n) is 18.6. The Balaban J connectivity index is 1.19. The van der Waals surface area contributed by atoms with Crippen molar-refractivity contribution >= 4 is 39.5 Å². The number of likely N-dealkylation sites (tertiary alicyclic amines) is 2. The molecule has 2 saturated carbocycles. The van der Waals surface area contributed by atoms with Gasteiger partial charge in [0.1, 0.15) is 24.0 Å². The normalized spacial score (nSPS) is 28.5. The quantitative estimate of drug-likeness (QED) is 0.266. The smallest absolute Gasteiger partial charge is 0.410 e. The second-order valence-corrected chi connectivity index (χ2v) is 18.6. The van der Waals surface area contributed by atoms with Crippen LogP contribution in [-0.2, 0) is 34.6 Å². The van der Waals surface area contributed by atoms with Crippen LogP contribution in [0.5, 0.6) is 0 Å². The molecular weight excluding hydrogens is 702 g/mol. The Morgan fingerprint density at radius 2 is 1.79 bits per heavy atom. The molecule has 0 bridgehead atoms. The van der Waals surface area contributed by atoms with E-state index in [0.29, 0.717) is 25.8 Å². The number of carbonyl (C=O) groups is 4. The topological polar surface area (TPSA) is 154 Å². The molecule has 2 aliphatic heterocycles. The standard InChI is InChI=1S/C39H52FN5O7S/c1-7-25-18-39(25,36(48)43-53(50,51)29-15-16-29)22-41-34(46)32-17-28(52-37(49)44-19-24-9-8-10-31(40)30(24)21-44)20-45(32)35(47)33(23(2)3)42-27-13-11-26(12-14-27)38(4,5)6/h7-14,23-25,28-30,32-33,42H,1,15-22H2,2-6H3,(H,41,46)(H,43,48)/t24?,25-,28-,30?,32+,33+,39-/m1/s1. The summed E-state index contributed by atoms with van der Waals surface area (Å²) < 4.78 is 47.8. The number of rotatable bonds is 12. The number of hydrogen-bond donors (Lipinski definition) is 3. The van der Waals surface area contributed by atoms with E-state index in [1.807, 2.05) is 44.2 Å². The zero-order valence-electron chi connectivity index (χ0n) is 31.1. The van der Waals surface area contributed by atoms with Crippen LogP contribution < -0.4 is 15.4 Å². The third kappa shape index (κ3) is 8.17. The van der Waals surface area contributed by atoms with Gasteiger partial charge in [0.2, 0.25) is 27.7 Å². The maximum Gasteiger partial charge on any atom is 0.410 e. The molecule has 1 aromatic carbocycles. The molecule has 7 atom stereocenters. The van der Waals surface area contributed by atoms with Crippen LogP contribution in [0, 0.1) is 29.1 Å². The molecule has 14 heteroatoms. The van der Waals surface area contributed by atoms with Crippen molar-refractivity contribution in [2.24, 2.45) is 29.1 Å². The molecule has 2 unspecified atom stereocenters. The monoisotopic (exact) mass is 753 g/mol. The maximum absolute atomic E-state index is 14.5. The summed E-state index contributed by atoms with van der Waals surface area (Å²) in [4.78, 5) is 58.0. The molecule has 6 rings (SSSR count). The fourth-order valence-corrected chi connectivity index (χ4v) is 9.04. The molecule has 288 valence electrons. The van der Waals surface area contributed by atoms with Gasteiger partial charge in [-0.05, 0) is 60.3 Å². The zero-order chi connectivity index (χ0) is 38.5. The van der Waals surface area contributed by atoms with Crippen molar-refractivity contribution in [3.8, 4) is 0 Å². The minimum absolute atomic E-state index is 0.00339. The van der Waals surface area contributed by atoms with E-state index < -0.39 is 62.7 Å². The van der Waals surface area contributed by atoms with Crippen molar-refractivity contribution in [2.75, 3.05) is 31.5 Å². The highest BCUT2D eigenvalue weighted by Gasteiger charge is 2.60. The van der Waals surface area contributed by atoms with Crippen molar-refractivity contribution in [2.45, 2.75) is 89.2 Å². The molecule has 1 aromatic rings. The molecule has 3 aliphatic carbocycles. The number of nitrogens with one attached hydrogen (secondary N) is 3. The van der Waals surface area contributed by atoms with Crippen molar-refractivity contribution in [1.29, 1.82) is 0 Å². The van der Waals surface area contributed by atoms with E-state index in [0.717, 1.165) is 11.3 Å². The van der Waals surface area contributed by atoms with Gasteiger partial charge in [0, 0.05) is 43.6 Å². The average Bonchev–Trinajstić information content (AvgIpc) is 4.00. The molecule has 5 aliphatic rings. The van der Waals surface area contributed by atoms with Gasteiger partial charge in [-0.3, -0.25) is 19.1 Å². The number of fused-ring (bicyclic) bond motifs is 1. The van der Waals surface area contributed by atoms with Crippen molar-refractivity contribution in [3.05, 3.63) is 66.5 Å². The third-order valence-corrected chi connectivity index (χ3v) is 13.2. The van der Waals surface area contributed by atoms with Gasteiger partial charge in [0.15, 0.2) is 0 Å². The number of nitrogens with zero attached hydrogens (tertiary/aromatic N) is 2. The Hall–Kier alpha value is -4.20. The summed E-state index contributed by atoms with van der Waals surface area (Å²) in [6.07, 6.45) is 6.32. The first-order valence-corrected chi connectivity index (χ1v) is 20.1. The highest BCUT2D eigenvalue weighted by atomic mass is 32.2. The Kier molecular flexibility index (Phi) is 10.6. The van der Waals surface area contributed by atoms with Crippen LogP contribution in [0.1, 0.15) is 65.9 Å². The van der Waals surface area contributed by atoms with Gasteiger partial charge >= 0.3 is 6.09 Å². The van der Waals surface area contributed by atoms with Crippen molar-refractivity contribution < 1.29 is 36.7 Å². The molecule has 2 heterocycles. The number of carbonyl (C=O) groups excluding carboxylic acids is 4. The lowest BCUT2D eigenvalue weighted by Crippen LogP contribution is -2.53. The summed E-state index contributed by atoms with van der Waals surface area (Å²) in [7, 11) is -3.81. The van der Waals surface area contributed by atoms with E-state index in [9.17, 15) is 32.0 Å². The van der Waals surface area contributed by atoms with E-state index in [1.165, 1.54) is 15.9 Å². The summed E-state index contributed by atoms with van der Waals surface area (Å²) in [6, 6.07) is 6.07. The predicted molar refractivity (Wildman–Crippen MR) is 198 cm³/mol. The highest BCUT2D eigenvalue weighted by molar-refractivity contribution is 7.90. The first-order chi connectivity index (χ1) is 24.9. The van der Waals surface area contributed by atoms with Crippen LogP contribution in [0.15, 0.2) is 61.0 Å². The van der Waals surface area contributed by atoms with Gasteiger partial charge in [-0.2, -0.15) is 0 Å². The molecule has 0 aromatic heterocycles. The summed E-state index contributed by atoms with van der Waals surface area (Å²) in [5.74, 6) is -3.01. The number of anilines is 1. The molecular formula is C39H52FN5O7S. The fraction of sp³-hybridized carbons (Fsp3) is 0.590. The number of sulfonamides is 1. The van der Waals surface area contributed by atoms with Crippen LogP contribution >= 0.6 is 0 Å². The van der Waals surface area contributed by atoms with E-state index in [-0.39, 0.29) is 61.0 Å². The Bertz CT molecular complexity index is 1800. The molecule has 0 radical (unpaired) electrons. The van der Waals surface area contributed by atoms with Gasteiger partial charge in [-0.1, -0.05) is 65.0 Å². The number of hydrogen-bond acceptors (Lipinski definition) is 8. The van der Waals surface area contributed by atoms with Gasteiger partial charge < -0.3 is 25.2 Å². The molecule has 12 nitrogen and oxygen atoms in total. The number of benzene rings is 1. The molecule has 4 fully saturated rings. The van der Waals surface area contributed by atoms with Crippen LogP contribution in [0.3, 0.4) is 0 Å². The minimum atomic E-state index is -3.81. The van der Waals surface area contributed by atoms with Crippen molar-refractivity contribution in [1.82, 2.24) is 19.8 Å². The summed E-state index contributed by atoms with van der Waals surface area (Å²) in [5.41, 5.74) is 0.622. The second kappa shape index (κ2) is 14.6. The van der Waals surface area contributed by atoms with Gasteiger partial charge in [0.25, 0.3) is 0 Å². The third-order valence-electron chi connectivity index (χ3n) is 11.4. The zero-order valence-corrected chi connectivity index (χ0v) is 32.0. The highest BCUT2D eigenvalue weighted by Crippen LogP contribution is 2.53. The van der Waals surface area contributed by atoms with E-state index in [2.05, 4.69) is 42.7 Å². The molecule has 0 spiro atoms. The van der Waals surface area contributed by atoms with E-state index >= 15 is 0 Å². The Labute approximate surface area is 311 Å². The lowest BCUT2D eigenvalue weighted by Gasteiger charge is -2.31. The lowest BCUT2D eigenvalue weighted by atomic mass is 9.87. The lowest BCUT2D eigenvalue weighted by molar-refractivity contribution is -0.140. The number of halogens is 1. The number of ether oxygens (including phenoxy) is 1. The molecule has 53 heavy (non-hydrogen) atoms. The average molecular weight is 754 g/mol. The fourth-order valence-electron chi connectivity index (χ4n) is 7.65. The Morgan fingerprint density at radius 3 is 2.38 bits per heavy atom. The second-order valence-electron chi connectivity index (χ2n) is 16.6. The van der Waals surface area contributed by atoms with Crippen LogP contribution in [0.2, 0.25) is 0 Å². The summed E-state index contributed by atoms with van der Waals surface area (Å²) >= 11 is 0. The predicted octanol–water partition coefficient (Wildman–Crippen LogP) is 4.41. The SMILES string of the molecule is C=C[C@@H]1C[C@]1(CNC(=O)[C@@H]1C[C@@H](OC(=O)N2CC3C=CC=C(F)C3C2)CN1C(=O)[C@@H](Nc1ccc(C(C)(C)C)cc1)C(C)C)C(=O)NS(=O)(=O)C1CC1. The molecule has 4 amide bonds. The number of amides is 4. The molecule has 3 N–H and O–H groups in total. The van der Waals surface area contributed by atoms with Crippen molar-refractivity contribution in [3.63, 3.8) is 0 Å². The Morgan fingerprint density at radius 1 is 1.09 bits per heavy atom. The van der Waals surface area contributed by atoms with Gasteiger partial charge in [-0.25, -0.2) is 17.6 Å². The van der Waals surface area contributed by atoms with Gasteiger partial charge in [-0.15, -0.1) is 6.58 Å². The minimum Gasteiger partial charge on any atom is -0.444 e. The van der Waals surface area contributed by atoms with Crippen LogP contribution in [0.4, 0.5) is 14.9 Å². The van der Waals surface area contributed by atoms with Crippen LogP contribution in [0.25, 0.3) is 0 Å². The van der Waals surface area contributed by atoms with Gasteiger partial charge in [0.05, 0.1) is 17.2 Å².